The molecule has 0 saturated heterocycles. The number of carbonyl (C=O) groups is 1. The molecule has 0 aromatic heterocycles. The molecule has 0 aromatic rings. The Morgan fingerprint density at radius 2 is 1.57 bits per heavy atom. The van der Waals surface area contributed by atoms with Crippen LogP contribution in [0.1, 0.15) is 19.3 Å². The van der Waals surface area contributed by atoms with E-state index in [2.05, 4.69) is 113 Å². The molecule has 0 spiro atoms. The van der Waals surface area contributed by atoms with E-state index in [1.54, 1.807) is 0 Å². The zero-order valence-corrected chi connectivity index (χ0v) is 17.7. The minimum Gasteiger partial charge on any atom is -0.480 e. The van der Waals surface area contributed by atoms with Crippen LogP contribution in [-0.4, -0.2) is 17.4 Å². The smallest absolute Gasteiger partial charge is 0.321 e. The molecule has 0 radical (unpaired) electrons. The van der Waals surface area contributed by atoms with Gasteiger partial charge in [-0.15, -0.1) is 0 Å². The summed E-state index contributed by atoms with van der Waals surface area (Å²) >= 11 is 11.5. The van der Waals surface area contributed by atoms with Gasteiger partial charge in [-0.3, -0.25) is 4.79 Å². The summed E-state index contributed by atoms with van der Waals surface area (Å²) in [4.78, 5) is 11.4. The molecule has 0 aromatic carbocycles. The number of carboxylic acids is 1. The van der Waals surface area contributed by atoms with E-state index >= 15 is 0 Å². The molecule has 1 aliphatic rings. The van der Waals surface area contributed by atoms with E-state index in [1.165, 1.54) is 0 Å². The lowest BCUT2D eigenvalue weighted by Gasteiger charge is -2.48. The van der Waals surface area contributed by atoms with Crippen LogP contribution >= 0.6 is 113 Å². The maximum Gasteiger partial charge on any atom is 0.321 e. The van der Waals surface area contributed by atoms with Crippen molar-refractivity contribution >= 4 is 119 Å². The molecule has 0 heterocycles. The Hall–Kier alpha value is 3.12. The van der Waals surface area contributed by atoms with Crippen molar-refractivity contribution in [3.63, 3.8) is 0 Å². The van der Waals surface area contributed by atoms with E-state index in [0.717, 1.165) is 19.3 Å². The van der Waals surface area contributed by atoms with E-state index in [9.17, 15) is 9.90 Å². The highest BCUT2D eigenvalue weighted by Gasteiger charge is 2.63. The third kappa shape index (κ3) is 2.44. The van der Waals surface area contributed by atoms with Crippen molar-refractivity contribution in [2.75, 3.05) is 0 Å². The molecular weight excluding hydrogens is 751 g/mol. The van der Waals surface area contributed by atoms with Gasteiger partial charge in [-0.25, -0.2) is 0 Å². The van der Waals surface area contributed by atoms with Gasteiger partial charge in [0, 0.05) is 0 Å². The van der Waals surface area contributed by atoms with Crippen LogP contribution in [-0.2, 0) is 4.79 Å². The average Bonchev–Trinajstić information content (AvgIpc) is 2.00. The normalized spacial score (nSPS) is 35.2. The van der Waals surface area contributed by atoms with Crippen LogP contribution in [0.2, 0.25) is 0 Å². The Kier molecular flexibility index (Phi) is 5.43. The van der Waals surface area contributed by atoms with E-state index in [1.807, 2.05) is 0 Å². The minimum atomic E-state index is -0.681. The van der Waals surface area contributed by atoms with Crippen molar-refractivity contribution in [3.8, 4) is 0 Å². The second-order valence-corrected chi connectivity index (χ2v) is 16.1. The molecule has 14 heavy (non-hydrogen) atoms. The topological polar surface area (TPSA) is 37.3 Å². The second kappa shape index (κ2) is 5.01. The number of rotatable bonds is 1. The summed E-state index contributed by atoms with van der Waals surface area (Å²) in [5, 5.41) is 9.34. The van der Waals surface area contributed by atoms with E-state index in [4.69, 9.17) is 0 Å². The predicted octanol–water partition coefficient (Wildman–Crippen LogP) is 4.56. The molecule has 0 aliphatic heterocycles. The largest absolute Gasteiger partial charge is 0.480 e. The Morgan fingerprint density at radius 1 is 1.07 bits per heavy atom. The first-order valence-electron chi connectivity index (χ1n) is 3.83. The Bertz CT molecular complexity index is 265. The molecular formula is C7H7I5O2. The number of hydrogen-bond donors (Lipinski definition) is 1. The summed E-state index contributed by atoms with van der Waals surface area (Å²) in [7, 11) is 0. The van der Waals surface area contributed by atoms with Gasteiger partial charge in [0.05, 0.1) is 1.43 Å². The molecule has 82 valence electrons. The summed E-state index contributed by atoms with van der Waals surface area (Å²) in [5.74, 6) is -0.681. The summed E-state index contributed by atoms with van der Waals surface area (Å²) < 4.78 is -0.880. The highest BCUT2D eigenvalue weighted by molar-refractivity contribution is 14.2. The first-order chi connectivity index (χ1) is 6.15. The Balaban J connectivity index is 3.16. The maximum absolute atomic E-state index is 11.4. The van der Waals surface area contributed by atoms with Crippen molar-refractivity contribution < 1.29 is 9.90 Å². The molecule has 1 rings (SSSR count). The van der Waals surface area contributed by atoms with Gasteiger partial charge in [-0.2, -0.15) is 0 Å². The van der Waals surface area contributed by atoms with Crippen molar-refractivity contribution in [1.82, 2.24) is 0 Å². The van der Waals surface area contributed by atoms with Gasteiger partial charge >= 0.3 is 5.97 Å². The first kappa shape index (κ1) is 15.2. The lowest BCUT2D eigenvalue weighted by molar-refractivity contribution is -0.139. The molecule has 1 aliphatic carbocycles. The van der Waals surface area contributed by atoms with Crippen LogP contribution in [0.15, 0.2) is 0 Å². The molecule has 7 heteroatoms. The van der Waals surface area contributed by atoms with Crippen LogP contribution in [0.5, 0.6) is 0 Å². The van der Waals surface area contributed by atoms with Gasteiger partial charge in [-0.05, 0) is 19.3 Å². The maximum atomic E-state index is 11.4. The predicted molar refractivity (Wildman–Crippen MR) is 99.8 cm³/mol. The lowest BCUT2D eigenvalue weighted by Crippen LogP contribution is -2.58. The fourth-order valence-electron chi connectivity index (χ4n) is 1.40. The molecule has 1 fully saturated rings. The van der Waals surface area contributed by atoms with E-state index in [0.29, 0.717) is 0 Å². The third-order valence-electron chi connectivity index (χ3n) is 2.31. The van der Waals surface area contributed by atoms with Gasteiger partial charge in [0.25, 0.3) is 0 Å². The van der Waals surface area contributed by atoms with Gasteiger partial charge in [0.2, 0.25) is 0 Å². The van der Waals surface area contributed by atoms with Crippen LogP contribution in [0, 0.1) is 0 Å². The van der Waals surface area contributed by atoms with Crippen LogP contribution in [0.25, 0.3) is 0 Å². The molecule has 1 atom stereocenters. The third-order valence-corrected chi connectivity index (χ3v) is 16.7. The summed E-state index contributed by atoms with van der Waals surface area (Å²) in [6.07, 6.45) is 2.84. The molecule has 0 bridgehead atoms. The highest BCUT2D eigenvalue weighted by atomic mass is 127. The van der Waals surface area contributed by atoms with Crippen LogP contribution < -0.4 is 0 Å². The zero-order chi connectivity index (χ0) is 11.2. The molecule has 1 unspecified atom stereocenters. The van der Waals surface area contributed by atoms with Crippen molar-refractivity contribution in [2.45, 2.75) is 25.5 Å². The zero-order valence-electron chi connectivity index (χ0n) is 6.87. The summed E-state index contributed by atoms with van der Waals surface area (Å²) in [5.41, 5.74) is 0. The molecule has 1 N–H and O–H groups in total. The number of alkyl halides is 5. The van der Waals surface area contributed by atoms with Crippen molar-refractivity contribution in [1.29, 1.82) is 0 Å². The number of aliphatic carboxylic acids is 1. The number of hydrogen-bond acceptors (Lipinski definition) is 1. The fraction of sp³-hybridized carbons (Fsp3) is 0.857. The summed E-state index contributed by atoms with van der Waals surface area (Å²) in [6, 6.07) is 0. The molecule has 0 amide bonds. The second-order valence-electron chi connectivity index (χ2n) is 3.24. The van der Waals surface area contributed by atoms with Crippen molar-refractivity contribution in [3.05, 3.63) is 0 Å². The monoisotopic (exact) mass is 758 g/mol. The standard InChI is InChI=1S/C7H7I5O2/c8-5(4(13)14)2-1-3-6(9,10)7(5,11)12/h1-3H2,(H,13,14). The fourth-order valence-corrected chi connectivity index (χ4v) is 6.50. The van der Waals surface area contributed by atoms with Crippen LogP contribution in [0.4, 0.5) is 0 Å². The van der Waals surface area contributed by atoms with Gasteiger partial charge in [-0.1, -0.05) is 113 Å². The van der Waals surface area contributed by atoms with E-state index < -0.39 is 9.39 Å². The molecule has 2 nitrogen and oxygen atoms in total. The van der Waals surface area contributed by atoms with E-state index in [-0.39, 0.29) is 2.86 Å². The highest BCUT2D eigenvalue weighted by Crippen LogP contribution is 2.64. The first-order valence-corrected chi connectivity index (χ1v) is 9.22. The van der Waals surface area contributed by atoms with Gasteiger partial charge in [0.1, 0.15) is 4.85 Å². The lowest BCUT2D eigenvalue weighted by atomic mass is 9.89. The Morgan fingerprint density at radius 3 is 1.93 bits per heavy atom. The number of carboxylic acid groups (broad SMARTS) is 1. The Labute approximate surface area is 151 Å². The molecule has 1 saturated carbocycles. The quantitative estimate of drug-likeness (QED) is 0.315. The van der Waals surface area contributed by atoms with Crippen molar-refractivity contribution in [2.24, 2.45) is 0 Å². The van der Waals surface area contributed by atoms with Gasteiger partial charge < -0.3 is 5.11 Å². The number of halogens is 5. The minimum absolute atomic E-state index is 0.0153. The SMILES string of the molecule is O=C(O)C1(I)CCCC(I)(I)C1(I)I. The summed E-state index contributed by atoms with van der Waals surface area (Å²) in [6.45, 7) is 0. The average molecular weight is 758 g/mol. The van der Waals surface area contributed by atoms with Gasteiger partial charge in [0.15, 0.2) is 0 Å². The van der Waals surface area contributed by atoms with Crippen LogP contribution in [0.3, 0.4) is 0 Å².